The summed E-state index contributed by atoms with van der Waals surface area (Å²) in [5.41, 5.74) is 0.636. The highest BCUT2D eigenvalue weighted by atomic mass is 79.9. The fourth-order valence-corrected chi connectivity index (χ4v) is 1.47. The molecule has 0 unspecified atom stereocenters. The molecule has 1 heterocycles. The van der Waals surface area contributed by atoms with Gasteiger partial charge in [-0.15, -0.1) is 0 Å². The molecule has 0 N–H and O–H groups in total. The van der Waals surface area contributed by atoms with Crippen molar-refractivity contribution in [3.05, 3.63) is 58.3 Å². The molecule has 5 heteroatoms. The van der Waals surface area contributed by atoms with E-state index < -0.39 is 11.6 Å². The van der Waals surface area contributed by atoms with Crippen LogP contribution in [0.25, 0.3) is 0 Å². The zero-order valence-corrected chi connectivity index (χ0v) is 10.2. The van der Waals surface area contributed by atoms with Crippen LogP contribution in [0.4, 0.5) is 8.78 Å². The molecule has 2 nitrogen and oxygen atoms in total. The first kappa shape index (κ1) is 12.0. The predicted octanol–water partition coefficient (Wildman–Crippen LogP) is 3.70. The standard InChI is InChI=1S/C12H8BrF2NO/c13-8-4-5-9(16-6-8)7-17-11-3-1-2-10(14)12(11)15/h1-6H,7H2. The fourth-order valence-electron chi connectivity index (χ4n) is 1.24. The van der Waals surface area contributed by atoms with Crippen LogP contribution in [-0.4, -0.2) is 4.98 Å². The summed E-state index contributed by atoms with van der Waals surface area (Å²) in [7, 11) is 0. The fraction of sp³-hybridized carbons (Fsp3) is 0.0833. The van der Waals surface area contributed by atoms with Crippen molar-refractivity contribution in [1.82, 2.24) is 4.98 Å². The van der Waals surface area contributed by atoms with Crippen LogP contribution in [0, 0.1) is 11.6 Å². The van der Waals surface area contributed by atoms with E-state index in [0.717, 1.165) is 10.5 Å². The summed E-state index contributed by atoms with van der Waals surface area (Å²) < 4.78 is 32.1. The minimum absolute atomic E-state index is 0.0909. The van der Waals surface area contributed by atoms with E-state index in [-0.39, 0.29) is 12.4 Å². The average Bonchev–Trinajstić information content (AvgIpc) is 2.33. The highest BCUT2D eigenvalue weighted by Crippen LogP contribution is 2.20. The number of rotatable bonds is 3. The lowest BCUT2D eigenvalue weighted by Crippen LogP contribution is -2.00. The lowest BCUT2D eigenvalue weighted by Gasteiger charge is -2.06. The van der Waals surface area contributed by atoms with Gasteiger partial charge in [-0.3, -0.25) is 4.98 Å². The quantitative estimate of drug-likeness (QED) is 0.862. The number of aromatic nitrogens is 1. The molecule has 88 valence electrons. The lowest BCUT2D eigenvalue weighted by molar-refractivity contribution is 0.280. The van der Waals surface area contributed by atoms with Gasteiger partial charge in [0.05, 0.1) is 5.69 Å². The van der Waals surface area contributed by atoms with Crippen LogP contribution in [0.15, 0.2) is 41.0 Å². The van der Waals surface area contributed by atoms with Crippen molar-refractivity contribution in [3.63, 3.8) is 0 Å². The summed E-state index contributed by atoms with van der Waals surface area (Å²) in [4.78, 5) is 4.06. The molecule has 0 aliphatic carbocycles. The van der Waals surface area contributed by atoms with Gasteiger partial charge < -0.3 is 4.74 Å². The molecule has 1 aromatic carbocycles. The largest absolute Gasteiger partial charge is 0.484 e. The van der Waals surface area contributed by atoms with E-state index in [2.05, 4.69) is 20.9 Å². The van der Waals surface area contributed by atoms with E-state index >= 15 is 0 Å². The van der Waals surface area contributed by atoms with Crippen LogP contribution in [0.2, 0.25) is 0 Å². The van der Waals surface area contributed by atoms with Gasteiger partial charge in [-0.25, -0.2) is 4.39 Å². The van der Waals surface area contributed by atoms with Crippen LogP contribution in [-0.2, 0) is 6.61 Å². The van der Waals surface area contributed by atoms with E-state index in [1.54, 1.807) is 18.3 Å². The Morgan fingerprint density at radius 1 is 1.18 bits per heavy atom. The Hall–Kier alpha value is -1.49. The minimum Gasteiger partial charge on any atom is -0.484 e. The van der Waals surface area contributed by atoms with Gasteiger partial charge in [0.25, 0.3) is 0 Å². The average molecular weight is 300 g/mol. The molecule has 2 rings (SSSR count). The number of hydrogen-bond acceptors (Lipinski definition) is 2. The lowest BCUT2D eigenvalue weighted by atomic mass is 10.3. The van der Waals surface area contributed by atoms with E-state index in [0.29, 0.717) is 5.69 Å². The Labute approximate surface area is 105 Å². The molecule has 0 spiro atoms. The highest BCUT2D eigenvalue weighted by Gasteiger charge is 2.08. The van der Waals surface area contributed by atoms with Crippen LogP contribution in [0.5, 0.6) is 5.75 Å². The maximum atomic E-state index is 13.2. The first-order valence-electron chi connectivity index (χ1n) is 4.84. The Morgan fingerprint density at radius 3 is 2.71 bits per heavy atom. The zero-order valence-electron chi connectivity index (χ0n) is 8.66. The van der Waals surface area contributed by atoms with Gasteiger partial charge >= 0.3 is 0 Å². The maximum absolute atomic E-state index is 13.2. The van der Waals surface area contributed by atoms with E-state index in [4.69, 9.17) is 4.74 Å². The monoisotopic (exact) mass is 299 g/mol. The van der Waals surface area contributed by atoms with Crippen molar-refractivity contribution in [2.45, 2.75) is 6.61 Å². The van der Waals surface area contributed by atoms with Crippen molar-refractivity contribution >= 4 is 15.9 Å². The molecule has 0 fully saturated rings. The Bertz CT molecular complexity index is 516. The molecule has 0 saturated carbocycles. The first-order valence-corrected chi connectivity index (χ1v) is 5.63. The molecule has 0 amide bonds. The number of benzene rings is 1. The minimum atomic E-state index is -0.982. The number of ether oxygens (including phenoxy) is 1. The summed E-state index contributed by atoms with van der Waals surface area (Å²) >= 11 is 3.25. The van der Waals surface area contributed by atoms with Crippen LogP contribution >= 0.6 is 15.9 Å². The molecule has 1 aromatic heterocycles. The summed E-state index contributed by atoms with van der Waals surface area (Å²) in [6, 6.07) is 7.34. The molecule has 0 saturated heterocycles. The molecular weight excluding hydrogens is 292 g/mol. The smallest absolute Gasteiger partial charge is 0.200 e. The van der Waals surface area contributed by atoms with Gasteiger partial charge in [-0.2, -0.15) is 4.39 Å². The van der Waals surface area contributed by atoms with Gasteiger partial charge in [0.2, 0.25) is 5.82 Å². The molecule has 0 aliphatic rings. The van der Waals surface area contributed by atoms with Gasteiger partial charge in [0, 0.05) is 10.7 Å². The first-order chi connectivity index (χ1) is 8.16. The molecular formula is C12H8BrF2NO. The second kappa shape index (κ2) is 5.23. The topological polar surface area (TPSA) is 22.1 Å². The van der Waals surface area contributed by atoms with E-state index in [1.165, 1.54) is 12.1 Å². The van der Waals surface area contributed by atoms with Crippen molar-refractivity contribution in [2.75, 3.05) is 0 Å². The molecule has 17 heavy (non-hydrogen) atoms. The zero-order chi connectivity index (χ0) is 12.3. The third-order valence-corrected chi connectivity index (χ3v) is 2.55. The number of pyridine rings is 1. The van der Waals surface area contributed by atoms with E-state index in [9.17, 15) is 8.78 Å². The SMILES string of the molecule is Fc1cccc(OCc2ccc(Br)cn2)c1F. The maximum Gasteiger partial charge on any atom is 0.200 e. The van der Waals surface area contributed by atoms with Gasteiger partial charge in [-0.05, 0) is 40.2 Å². The number of halogens is 3. The highest BCUT2D eigenvalue weighted by molar-refractivity contribution is 9.10. The summed E-state index contributed by atoms with van der Waals surface area (Å²) in [6.07, 6.45) is 1.61. The summed E-state index contributed by atoms with van der Waals surface area (Å²) in [5.74, 6) is -2.02. The molecule has 0 atom stereocenters. The second-order valence-electron chi connectivity index (χ2n) is 3.31. The van der Waals surface area contributed by atoms with Crippen molar-refractivity contribution in [1.29, 1.82) is 0 Å². The van der Waals surface area contributed by atoms with Crippen LogP contribution < -0.4 is 4.74 Å². The van der Waals surface area contributed by atoms with Crippen LogP contribution in [0.3, 0.4) is 0 Å². The predicted molar refractivity (Wildman–Crippen MR) is 62.6 cm³/mol. The number of hydrogen-bond donors (Lipinski definition) is 0. The van der Waals surface area contributed by atoms with E-state index in [1.807, 2.05) is 0 Å². The molecule has 0 radical (unpaired) electrons. The Kier molecular flexibility index (Phi) is 3.68. The van der Waals surface area contributed by atoms with Crippen molar-refractivity contribution in [3.8, 4) is 5.75 Å². The van der Waals surface area contributed by atoms with Gasteiger partial charge in [0.15, 0.2) is 11.6 Å². The van der Waals surface area contributed by atoms with Crippen LogP contribution in [0.1, 0.15) is 5.69 Å². The Morgan fingerprint density at radius 2 is 2.00 bits per heavy atom. The normalized spacial score (nSPS) is 10.3. The summed E-state index contributed by atoms with van der Waals surface area (Å²) in [6.45, 7) is 0.0909. The third kappa shape index (κ3) is 3.00. The van der Waals surface area contributed by atoms with Crippen molar-refractivity contribution < 1.29 is 13.5 Å². The molecule has 0 aliphatic heterocycles. The molecule has 0 bridgehead atoms. The van der Waals surface area contributed by atoms with Crippen molar-refractivity contribution in [2.24, 2.45) is 0 Å². The molecule has 2 aromatic rings. The third-order valence-electron chi connectivity index (χ3n) is 2.08. The number of nitrogens with zero attached hydrogens (tertiary/aromatic N) is 1. The second-order valence-corrected chi connectivity index (χ2v) is 4.22. The Balaban J connectivity index is 2.07. The van der Waals surface area contributed by atoms with Gasteiger partial charge in [-0.1, -0.05) is 6.07 Å². The summed E-state index contributed by atoms with van der Waals surface area (Å²) in [5, 5.41) is 0. The van der Waals surface area contributed by atoms with Gasteiger partial charge in [0.1, 0.15) is 6.61 Å².